The summed E-state index contributed by atoms with van der Waals surface area (Å²) < 4.78 is 0. The maximum absolute atomic E-state index is 3.57. The Morgan fingerprint density at radius 2 is 1.51 bits per heavy atom. The zero-order valence-electron chi connectivity index (χ0n) is 26.5. The van der Waals surface area contributed by atoms with Gasteiger partial charge in [-0.3, -0.25) is 0 Å². The van der Waals surface area contributed by atoms with Crippen molar-refractivity contribution in [2.45, 2.75) is 40.7 Å². The number of nitrogens with zero attached hydrogens (tertiary/aromatic N) is 1. The molecule has 1 aliphatic carbocycles. The molecule has 2 radical (unpaired) electrons. The van der Waals surface area contributed by atoms with E-state index in [9.17, 15) is 0 Å². The molecule has 5 aromatic rings. The fourth-order valence-electron chi connectivity index (χ4n) is 5.88. The van der Waals surface area contributed by atoms with Crippen molar-refractivity contribution in [3.8, 4) is 11.1 Å². The Kier molecular flexibility index (Phi) is 12.0. The van der Waals surface area contributed by atoms with E-state index in [1.165, 1.54) is 89.7 Å². The molecule has 0 saturated carbocycles. The van der Waals surface area contributed by atoms with Crippen LogP contribution >= 0.6 is 0 Å². The van der Waals surface area contributed by atoms with Crippen LogP contribution in [0.15, 0.2) is 126 Å². The number of rotatable bonds is 3. The van der Waals surface area contributed by atoms with Gasteiger partial charge in [0.15, 0.2) is 0 Å². The quantitative estimate of drug-likeness (QED) is 0.138. The van der Waals surface area contributed by atoms with E-state index in [-0.39, 0.29) is 14.9 Å². The molecule has 7 rings (SSSR count). The Labute approximate surface area is 276 Å². The molecule has 0 bridgehead atoms. The molecule has 0 saturated heterocycles. The van der Waals surface area contributed by atoms with Crippen LogP contribution in [0.5, 0.6) is 0 Å². The van der Waals surface area contributed by atoms with Gasteiger partial charge in [0.2, 0.25) is 0 Å². The number of hydrogen-bond acceptors (Lipinski definition) is 1. The topological polar surface area (TPSA) is 3.24 Å². The number of benzene rings is 4. The van der Waals surface area contributed by atoms with E-state index in [4.69, 9.17) is 0 Å². The van der Waals surface area contributed by atoms with Gasteiger partial charge in [-0.15, -0.1) is 63.4 Å². The molecule has 0 aromatic heterocycles. The summed E-state index contributed by atoms with van der Waals surface area (Å²) in [6.45, 7) is 14.1. The van der Waals surface area contributed by atoms with E-state index >= 15 is 0 Å². The Morgan fingerprint density at radius 1 is 0.837 bits per heavy atom. The van der Waals surface area contributed by atoms with Crippen molar-refractivity contribution >= 4 is 34.1 Å². The molecular weight excluding hydrogens is 614 g/mol. The van der Waals surface area contributed by atoms with Crippen molar-refractivity contribution in [3.63, 3.8) is 0 Å². The molecule has 3 heteroatoms. The fraction of sp³-hybridized carbons (Fsp3) is 0.175. The van der Waals surface area contributed by atoms with Crippen LogP contribution in [0.4, 0.5) is 5.69 Å². The van der Waals surface area contributed by atoms with Crippen molar-refractivity contribution < 1.29 is 23.3 Å². The molecule has 5 aromatic carbocycles. The minimum atomic E-state index is 0. The molecule has 1 heterocycles. The van der Waals surface area contributed by atoms with Gasteiger partial charge >= 0.3 is 30.2 Å². The predicted molar refractivity (Wildman–Crippen MR) is 187 cm³/mol. The molecule has 1 atom stereocenters. The molecule has 1 aliphatic heterocycles. The van der Waals surface area contributed by atoms with Crippen LogP contribution in [-0.2, 0) is 23.3 Å². The van der Waals surface area contributed by atoms with Gasteiger partial charge in [0, 0.05) is 17.1 Å². The van der Waals surface area contributed by atoms with E-state index < -0.39 is 0 Å². The molecule has 0 amide bonds. The molecule has 218 valence electrons. The first-order valence-electron chi connectivity index (χ1n) is 14.2. The standard InChI is InChI=1S/C21H20N.C17H15.2CH3.Si.Zr/c1-14(2)17-12-18-11-15(3)22(21(18)13-17)20-10-6-8-16-7-4-5-9-19(16)20;1-12-10-16-13(2)8-9-15(17(16)11-12)14-6-4-3-5-7-14;;;;/h4-11,13-15H,1-3H3;3-11H,1-2H3;2*1H3;;/q4*-1;;. The molecule has 1 unspecified atom stereocenters. The van der Waals surface area contributed by atoms with E-state index in [0.29, 0.717) is 12.0 Å². The average molecular weight is 655 g/mol. The van der Waals surface area contributed by atoms with Crippen LogP contribution in [0.1, 0.15) is 31.9 Å². The van der Waals surface area contributed by atoms with E-state index in [2.05, 4.69) is 162 Å². The summed E-state index contributed by atoms with van der Waals surface area (Å²) in [5, 5.41) is 5.35. The van der Waals surface area contributed by atoms with Gasteiger partial charge in [-0.25, -0.2) is 0 Å². The van der Waals surface area contributed by atoms with Crippen molar-refractivity contribution in [3.05, 3.63) is 158 Å². The van der Waals surface area contributed by atoms with Crippen LogP contribution in [0.2, 0.25) is 0 Å². The maximum atomic E-state index is 3.57. The normalized spacial score (nSPS) is 14.8. The van der Waals surface area contributed by atoms with Crippen molar-refractivity contribution in [2.75, 3.05) is 4.90 Å². The second-order valence-corrected chi connectivity index (χ2v) is 11.1. The summed E-state index contributed by atoms with van der Waals surface area (Å²) >= 11 is 1.36. The predicted octanol–water partition coefficient (Wildman–Crippen LogP) is 10.6. The third kappa shape index (κ3) is 7.00. The monoisotopic (exact) mass is 653 g/mol. The number of fused-ring (bicyclic) bond motifs is 3. The van der Waals surface area contributed by atoms with Gasteiger partial charge in [0.05, 0.1) is 0 Å². The molecule has 43 heavy (non-hydrogen) atoms. The van der Waals surface area contributed by atoms with Gasteiger partial charge in [0.1, 0.15) is 0 Å². The van der Waals surface area contributed by atoms with Crippen molar-refractivity contribution in [1.82, 2.24) is 0 Å². The first-order valence-corrected chi connectivity index (χ1v) is 18.4. The van der Waals surface area contributed by atoms with Crippen LogP contribution in [-0.4, -0.2) is 12.9 Å². The Bertz CT molecular complexity index is 1780. The Morgan fingerprint density at radius 3 is 2.23 bits per heavy atom. The zero-order chi connectivity index (χ0) is 29.1. The van der Waals surface area contributed by atoms with Crippen molar-refractivity contribution in [2.24, 2.45) is 5.92 Å². The Hall–Kier alpha value is -3.13. The molecule has 2 aliphatic rings. The molecule has 0 fully saturated rings. The second kappa shape index (κ2) is 15.0. The number of anilines is 1. The third-order valence-electron chi connectivity index (χ3n) is 7.90. The van der Waals surface area contributed by atoms with Crippen LogP contribution in [0.25, 0.3) is 32.7 Å². The fourth-order valence-corrected chi connectivity index (χ4v) is 5.88. The summed E-state index contributed by atoms with van der Waals surface area (Å²) in [5.74, 6) is 0.517. The number of hydrogen-bond donors (Lipinski definition) is 0. The molecular formula is C40H41NSiZr-4. The molecule has 0 N–H and O–H groups in total. The first-order chi connectivity index (χ1) is 19.9. The second-order valence-electron chi connectivity index (χ2n) is 11.1. The minimum absolute atomic E-state index is 0. The van der Waals surface area contributed by atoms with Crippen LogP contribution < -0.4 is 4.90 Å². The van der Waals surface area contributed by atoms with Gasteiger partial charge < -0.3 is 19.8 Å². The molecule has 1 nitrogen and oxygen atoms in total. The summed E-state index contributed by atoms with van der Waals surface area (Å²) in [5.41, 5.74) is 10.5. The SMILES string of the molecule is CC(C)C1=[C-]C2=CC(C)N(c3cccc4ccccc34)C2=C1.Cc1cc2c(-c3ccccc3)ccc(C)c2[cH-]1.[CH3-].[CH3-].[Si]=[Zr]. The van der Waals surface area contributed by atoms with Crippen LogP contribution in [0.3, 0.4) is 0 Å². The van der Waals surface area contributed by atoms with E-state index in [0.717, 1.165) is 0 Å². The van der Waals surface area contributed by atoms with Gasteiger partial charge in [-0.2, -0.15) is 6.07 Å². The molecule has 0 spiro atoms. The van der Waals surface area contributed by atoms with Gasteiger partial charge in [-0.1, -0.05) is 112 Å². The Balaban J connectivity index is 0.000000219. The average Bonchev–Trinajstić information content (AvgIpc) is 3.67. The van der Waals surface area contributed by atoms with E-state index in [1.54, 1.807) is 0 Å². The summed E-state index contributed by atoms with van der Waals surface area (Å²) in [7, 11) is 0. The number of aryl methyl sites for hydroxylation is 2. The zero-order valence-corrected chi connectivity index (χ0v) is 30.0. The first kappa shape index (κ1) is 34.4. The van der Waals surface area contributed by atoms with Gasteiger partial charge in [-0.05, 0) is 29.9 Å². The summed E-state index contributed by atoms with van der Waals surface area (Å²) in [6, 6.07) is 35.1. The summed E-state index contributed by atoms with van der Waals surface area (Å²) in [4.78, 5) is 2.44. The van der Waals surface area contributed by atoms with Gasteiger partial charge in [0.25, 0.3) is 0 Å². The van der Waals surface area contributed by atoms with E-state index in [1.807, 2.05) is 0 Å². The van der Waals surface area contributed by atoms with Crippen molar-refractivity contribution in [1.29, 1.82) is 0 Å². The summed E-state index contributed by atoms with van der Waals surface area (Å²) in [6.07, 6.45) is 8.20. The third-order valence-corrected chi connectivity index (χ3v) is 7.90. The number of allylic oxidation sites excluding steroid dienone is 3. The van der Waals surface area contributed by atoms with Crippen LogP contribution in [0, 0.1) is 40.7 Å².